The van der Waals surface area contributed by atoms with Gasteiger partial charge in [0, 0.05) is 29.8 Å². The fraction of sp³-hybridized carbons (Fsp3) is 0.0500. The first kappa shape index (κ1) is 18.5. The lowest BCUT2D eigenvalue weighted by atomic mass is 10.1. The second-order valence-corrected chi connectivity index (χ2v) is 5.94. The molecule has 0 spiro atoms. The number of rotatable bonds is 5. The first-order valence-corrected chi connectivity index (χ1v) is 8.11. The summed E-state index contributed by atoms with van der Waals surface area (Å²) in [6, 6.07) is 15.6. The van der Waals surface area contributed by atoms with Crippen LogP contribution in [-0.4, -0.2) is 9.85 Å². The van der Waals surface area contributed by atoms with Gasteiger partial charge in [-0.2, -0.15) is 5.26 Å². The third-order valence-corrected chi connectivity index (χ3v) is 4.09. The van der Waals surface area contributed by atoms with E-state index in [0.717, 1.165) is 0 Å². The molecule has 0 saturated heterocycles. The number of benzene rings is 2. The van der Waals surface area contributed by atoms with Gasteiger partial charge in [-0.1, -0.05) is 12.1 Å². The SMILES string of the molecule is Cc1cc([N+](=O)[O-])ccc1-c1ccc(C=C(C#N)c2cccc([N+](=O)[O-])c2)o1. The largest absolute Gasteiger partial charge is 0.457 e. The molecule has 0 aliphatic heterocycles. The molecule has 0 saturated carbocycles. The molecule has 8 nitrogen and oxygen atoms in total. The highest BCUT2D eigenvalue weighted by molar-refractivity contribution is 5.89. The number of aryl methyl sites for hydroxylation is 1. The standard InChI is InChI=1S/C20H13N3O5/c1-13-9-17(23(26)27)5-7-19(13)20-8-6-18(28-20)11-15(12-21)14-3-2-4-16(10-14)22(24)25/h2-11H,1H3. The lowest BCUT2D eigenvalue weighted by Crippen LogP contribution is -1.90. The zero-order valence-electron chi connectivity index (χ0n) is 14.7. The molecule has 3 aromatic rings. The minimum atomic E-state index is -0.527. The Balaban J connectivity index is 1.95. The summed E-state index contributed by atoms with van der Waals surface area (Å²) in [5.41, 5.74) is 1.87. The molecule has 138 valence electrons. The van der Waals surface area contributed by atoms with Crippen molar-refractivity contribution in [3.8, 4) is 17.4 Å². The normalized spacial score (nSPS) is 11.1. The average Bonchev–Trinajstić information content (AvgIpc) is 3.14. The van der Waals surface area contributed by atoms with E-state index in [1.165, 1.54) is 36.4 Å². The Kier molecular flexibility index (Phi) is 5.00. The molecule has 0 aliphatic rings. The molecule has 0 unspecified atom stereocenters. The fourth-order valence-corrected chi connectivity index (χ4v) is 2.72. The van der Waals surface area contributed by atoms with Crippen molar-refractivity contribution in [1.29, 1.82) is 5.26 Å². The van der Waals surface area contributed by atoms with Gasteiger partial charge in [-0.25, -0.2) is 0 Å². The summed E-state index contributed by atoms with van der Waals surface area (Å²) in [5, 5.41) is 31.2. The van der Waals surface area contributed by atoms with Crippen LogP contribution in [0, 0.1) is 38.5 Å². The molecule has 1 heterocycles. The molecule has 0 aliphatic carbocycles. The molecule has 0 atom stereocenters. The second-order valence-electron chi connectivity index (χ2n) is 5.94. The van der Waals surface area contributed by atoms with E-state index < -0.39 is 9.85 Å². The van der Waals surface area contributed by atoms with Crippen molar-refractivity contribution in [3.05, 3.63) is 91.7 Å². The zero-order chi connectivity index (χ0) is 20.3. The molecular weight excluding hydrogens is 362 g/mol. The number of nitriles is 1. The van der Waals surface area contributed by atoms with Gasteiger partial charge >= 0.3 is 0 Å². The Morgan fingerprint density at radius 1 is 1.04 bits per heavy atom. The van der Waals surface area contributed by atoms with E-state index in [0.29, 0.717) is 28.2 Å². The first-order chi connectivity index (χ1) is 13.4. The maximum Gasteiger partial charge on any atom is 0.270 e. The van der Waals surface area contributed by atoms with Gasteiger partial charge in [0.15, 0.2) is 0 Å². The van der Waals surface area contributed by atoms with Crippen LogP contribution < -0.4 is 0 Å². The summed E-state index contributed by atoms with van der Waals surface area (Å²) in [6.07, 6.45) is 1.49. The number of hydrogen-bond acceptors (Lipinski definition) is 6. The summed E-state index contributed by atoms with van der Waals surface area (Å²) >= 11 is 0. The number of hydrogen-bond donors (Lipinski definition) is 0. The highest BCUT2D eigenvalue weighted by Crippen LogP contribution is 2.30. The van der Waals surface area contributed by atoms with E-state index in [9.17, 15) is 25.5 Å². The Morgan fingerprint density at radius 3 is 2.39 bits per heavy atom. The molecular formula is C20H13N3O5. The van der Waals surface area contributed by atoms with E-state index in [2.05, 4.69) is 0 Å². The van der Waals surface area contributed by atoms with E-state index in [4.69, 9.17) is 4.42 Å². The van der Waals surface area contributed by atoms with Gasteiger partial charge in [-0.05, 0) is 42.3 Å². The lowest BCUT2D eigenvalue weighted by molar-refractivity contribution is -0.385. The van der Waals surface area contributed by atoms with Gasteiger partial charge < -0.3 is 4.42 Å². The summed E-state index contributed by atoms with van der Waals surface area (Å²) in [4.78, 5) is 20.8. The maximum atomic E-state index is 10.9. The Bertz CT molecular complexity index is 1150. The Hall–Kier alpha value is -4.25. The minimum absolute atomic E-state index is 0.00892. The van der Waals surface area contributed by atoms with E-state index in [1.54, 1.807) is 31.2 Å². The van der Waals surface area contributed by atoms with Crippen molar-refractivity contribution in [1.82, 2.24) is 0 Å². The number of nitro benzene ring substituents is 2. The topological polar surface area (TPSA) is 123 Å². The Morgan fingerprint density at radius 2 is 1.75 bits per heavy atom. The summed E-state index contributed by atoms with van der Waals surface area (Å²) in [5.74, 6) is 0.880. The van der Waals surface area contributed by atoms with Crippen LogP contribution in [0.25, 0.3) is 23.0 Å². The van der Waals surface area contributed by atoms with Gasteiger partial charge in [0.2, 0.25) is 0 Å². The molecule has 2 aromatic carbocycles. The molecule has 0 N–H and O–H groups in total. The monoisotopic (exact) mass is 375 g/mol. The molecule has 8 heteroatoms. The second kappa shape index (κ2) is 7.55. The van der Waals surface area contributed by atoms with Crippen molar-refractivity contribution >= 4 is 23.0 Å². The van der Waals surface area contributed by atoms with Crippen LogP contribution in [0.2, 0.25) is 0 Å². The van der Waals surface area contributed by atoms with Gasteiger partial charge in [0.05, 0.1) is 21.5 Å². The zero-order valence-corrected chi connectivity index (χ0v) is 14.7. The molecule has 0 radical (unpaired) electrons. The summed E-state index contributed by atoms with van der Waals surface area (Å²) in [6.45, 7) is 1.74. The smallest absolute Gasteiger partial charge is 0.270 e. The van der Waals surface area contributed by atoms with Crippen LogP contribution >= 0.6 is 0 Å². The van der Waals surface area contributed by atoms with Crippen LogP contribution in [0.3, 0.4) is 0 Å². The van der Waals surface area contributed by atoms with Gasteiger partial charge in [-0.15, -0.1) is 0 Å². The molecule has 0 amide bonds. The molecule has 28 heavy (non-hydrogen) atoms. The quantitative estimate of drug-likeness (QED) is 0.346. The maximum absolute atomic E-state index is 10.9. The summed E-state index contributed by atoms with van der Waals surface area (Å²) < 4.78 is 5.75. The third kappa shape index (κ3) is 3.78. The van der Waals surface area contributed by atoms with Gasteiger partial charge in [-0.3, -0.25) is 20.2 Å². The van der Waals surface area contributed by atoms with E-state index in [1.807, 2.05) is 6.07 Å². The fourth-order valence-electron chi connectivity index (χ4n) is 2.72. The Labute approximate surface area is 159 Å². The highest BCUT2D eigenvalue weighted by atomic mass is 16.6. The average molecular weight is 375 g/mol. The van der Waals surface area contributed by atoms with E-state index >= 15 is 0 Å². The number of nitrogens with zero attached hydrogens (tertiary/aromatic N) is 3. The van der Waals surface area contributed by atoms with Crippen LogP contribution in [0.1, 0.15) is 16.9 Å². The van der Waals surface area contributed by atoms with Crippen molar-refractivity contribution in [2.75, 3.05) is 0 Å². The molecule has 1 aromatic heterocycles. The summed E-state index contributed by atoms with van der Waals surface area (Å²) in [7, 11) is 0. The van der Waals surface area contributed by atoms with Gasteiger partial charge in [0.25, 0.3) is 11.4 Å². The predicted molar refractivity (Wildman–Crippen MR) is 102 cm³/mol. The molecule has 3 rings (SSSR count). The van der Waals surface area contributed by atoms with Crippen LogP contribution in [0.5, 0.6) is 0 Å². The third-order valence-electron chi connectivity index (χ3n) is 4.09. The highest BCUT2D eigenvalue weighted by Gasteiger charge is 2.13. The van der Waals surface area contributed by atoms with Gasteiger partial charge in [0.1, 0.15) is 11.5 Å². The molecule has 0 bridgehead atoms. The number of non-ortho nitro benzene ring substituents is 2. The predicted octanol–water partition coefficient (Wildman–Crippen LogP) is 5.14. The first-order valence-electron chi connectivity index (χ1n) is 8.11. The van der Waals surface area contributed by atoms with Crippen molar-refractivity contribution < 1.29 is 14.3 Å². The van der Waals surface area contributed by atoms with Crippen LogP contribution in [0.15, 0.2) is 59.0 Å². The van der Waals surface area contributed by atoms with Crippen molar-refractivity contribution in [3.63, 3.8) is 0 Å². The lowest BCUT2D eigenvalue weighted by Gasteiger charge is -2.02. The van der Waals surface area contributed by atoms with Crippen molar-refractivity contribution in [2.24, 2.45) is 0 Å². The van der Waals surface area contributed by atoms with Crippen LogP contribution in [-0.2, 0) is 0 Å². The number of furan rings is 1. The number of nitro groups is 2. The molecule has 0 fully saturated rings. The van der Waals surface area contributed by atoms with E-state index in [-0.39, 0.29) is 16.9 Å². The van der Waals surface area contributed by atoms with Crippen molar-refractivity contribution in [2.45, 2.75) is 6.92 Å². The number of allylic oxidation sites excluding steroid dienone is 1. The minimum Gasteiger partial charge on any atom is -0.457 e. The van der Waals surface area contributed by atoms with Crippen LogP contribution in [0.4, 0.5) is 11.4 Å².